The normalized spacial score (nSPS) is 55.5. The maximum atomic E-state index is 11.6. The molecule has 3 atom stereocenters. The molecular formula is C10H16O3. The van der Waals surface area contributed by atoms with Crippen molar-refractivity contribution in [3.8, 4) is 0 Å². The molecule has 2 saturated heterocycles. The van der Waals surface area contributed by atoms with Crippen molar-refractivity contribution in [2.24, 2.45) is 0 Å². The van der Waals surface area contributed by atoms with Crippen LogP contribution in [0.25, 0.3) is 0 Å². The molecule has 1 N–H and O–H groups in total. The SMILES string of the molecule is C[C@@]12CCC(=O)[C@@](C)(O1)[C@@](C)(O)C2. The molecule has 2 heterocycles. The number of ether oxygens (including phenoxy) is 1. The van der Waals surface area contributed by atoms with Crippen LogP contribution in [0.1, 0.15) is 40.0 Å². The summed E-state index contributed by atoms with van der Waals surface area (Å²) in [6.07, 6.45) is 1.82. The molecule has 0 aromatic rings. The molecule has 0 aromatic heterocycles. The lowest BCUT2D eigenvalue weighted by atomic mass is 9.82. The van der Waals surface area contributed by atoms with Gasteiger partial charge in [-0.2, -0.15) is 0 Å². The summed E-state index contributed by atoms with van der Waals surface area (Å²) in [6.45, 7) is 5.38. The quantitative estimate of drug-likeness (QED) is 0.611. The molecular weight excluding hydrogens is 168 g/mol. The lowest BCUT2D eigenvalue weighted by Gasteiger charge is -2.37. The van der Waals surface area contributed by atoms with Crippen LogP contribution in [0.2, 0.25) is 0 Å². The largest absolute Gasteiger partial charge is 0.387 e. The Hall–Kier alpha value is -0.410. The number of hydrogen-bond acceptors (Lipinski definition) is 3. The summed E-state index contributed by atoms with van der Waals surface area (Å²) in [5.41, 5.74) is -2.28. The highest BCUT2D eigenvalue weighted by Gasteiger charge is 2.64. The summed E-state index contributed by atoms with van der Waals surface area (Å²) < 4.78 is 5.70. The van der Waals surface area contributed by atoms with Gasteiger partial charge in [-0.15, -0.1) is 0 Å². The maximum absolute atomic E-state index is 11.6. The number of carbonyl (C=O) groups excluding carboxylic acids is 1. The van der Waals surface area contributed by atoms with Crippen molar-refractivity contribution in [1.29, 1.82) is 0 Å². The fraction of sp³-hybridized carbons (Fsp3) is 0.900. The van der Waals surface area contributed by atoms with Crippen LogP contribution in [0.3, 0.4) is 0 Å². The Morgan fingerprint density at radius 2 is 2.00 bits per heavy atom. The number of Topliss-reactive ketones (excluding diaryl/α,β-unsaturated/α-hetero) is 1. The van der Waals surface area contributed by atoms with Gasteiger partial charge in [0.2, 0.25) is 0 Å². The Morgan fingerprint density at radius 1 is 1.38 bits per heavy atom. The van der Waals surface area contributed by atoms with E-state index in [2.05, 4.69) is 0 Å². The van der Waals surface area contributed by atoms with Crippen molar-refractivity contribution in [3.05, 3.63) is 0 Å². The van der Waals surface area contributed by atoms with E-state index >= 15 is 0 Å². The highest BCUT2D eigenvalue weighted by Crippen LogP contribution is 2.51. The van der Waals surface area contributed by atoms with Crippen LogP contribution < -0.4 is 0 Å². The number of ketones is 1. The van der Waals surface area contributed by atoms with Crippen LogP contribution in [0.4, 0.5) is 0 Å². The van der Waals surface area contributed by atoms with Gasteiger partial charge in [0.15, 0.2) is 11.4 Å². The second-order valence-electron chi connectivity index (χ2n) is 4.96. The molecule has 0 radical (unpaired) electrons. The van der Waals surface area contributed by atoms with Crippen LogP contribution >= 0.6 is 0 Å². The van der Waals surface area contributed by atoms with E-state index in [0.717, 1.165) is 6.42 Å². The Labute approximate surface area is 78.1 Å². The molecule has 2 fully saturated rings. The molecule has 2 aliphatic rings. The van der Waals surface area contributed by atoms with E-state index < -0.39 is 11.2 Å². The molecule has 13 heavy (non-hydrogen) atoms. The first-order valence-corrected chi connectivity index (χ1v) is 4.75. The van der Waals surface area contributed by atoms with Gasteiger partial charge in [-0.3, -0.25) is 4.79 Å². The zero-order valence-electron chi connectivity index (χ0n) is 8.39. The predicted octanol–water partition coefficient (Wildman–Crippen LogP) is 1.04. The van der Waals surface area contributed by atoms with Crippen molar-refractivity contribution in [2.45, 2.75) is 56.8 Å². The summed E-state index contributed by atoms with van der Waals surface area (Å²) in [6, 6.07) is 0. The Morgan fingerprint density at radius 3 is 2.54 bits per heavy atom. The molecule has 74 valence electrons. The zero-order valence-corrected chi connectivity index (χ0v) is 8.39. The van der Waals surface area contributed by atoms with E-state index in [0.29, 0.717) is 12.8 Å². The third kappa shape index (κ3) is 1.00. The summed E-state index contributed by atoms with van der Waals surface area (Å²) in [4.78, 5) is 11.6. The van der Waals surface area contributed by atoms with Crippen molar-refractivity contribution in [1.82, 2.24) is 0 Å². The van der Waals surface area contributed by atoms with Crippen molar-refractivity contribution >= 4 is 5.78 Å². The third-order valence-electron chi connectivity index (χ3n) is 3.61. The molecule has 0 amide bonds. The van der Waals surface area contributed by atoms with Gasteiger partial charge in [0.25, 0.3) is 0 Å². The van der Waals surface area contributed by atoms with Crippen molar-refractivity contribution in [3.63, 3.8) is 0 Å². The van der Waals surface area contributed by atoms with Gasteiger partial charge >= 0.3 is 0 Å². The molecule has 0 aromatic carbocycles. The van der Waals surface area contributed by atoms with Gasteiger partial charge in [0.1, 0.15) is 5.60 Å². The van der Waals surface area contributed by atoms with Crippen molar-refractivity contribution in [2.75, 3.05) is 0 Å². The second kappa shape index (κ2) is 2.15. The average molecular weight is 184 g/mol. The van der Waals surface area contributed by atoms with E-state index in [4.69, 9.17) is 4.74 Å². The molecule has 2 rings (SSSR count). The average Bonchev–Trinajstić information content (AvgIpc) is 2.10. The standard InChI is InChI=1S/C10H16O3/c1-8-5-4-7(11)10(3,13-8)9(2,12)6-8/h12H,4-6H2,1-3H3/t8-,9-,10+/m0/s1. The fourth-order valence-corrected chi connectivity index (χ4v) is 2.65. The van der Waals surface area contributed by atoms with E-state index in [1.807, 2.05) is 6.92 Å². The van der Waals surface area contributed by atoms with Gasteiger partial charge in [-0.25, -0.2) is 0 Å². The number of aliphatic hydroxyl groups is 1. The van der Waals surface area contributed by atoms with Crippen LogP contribution in [-0.4, -0.2) is 27.7 Å². The monoisotopic (exact) mass is 184 g/mol. The zero-order chi connectivity index (χ0) is 9.91. The van der Waals surface area contributed by atoms with E-state index in [9.17, 15) is 9.90 Å². The van der Waals surface area contributed by atoms with E-state index in [-0.39, 0.29) is 11.4 Å². The van der Waals surface area contributed by atoms with Crippen LogP contribution in [0, 0.1) is 0 Å². The van der Waals surface area contributed by atoms with Gasteiger partial charge < -0.3 is 9.84 Å². The number of hydrogen-bond donors (Lipinski definition) is 1. The lowest BCUT2D eigenvalue weighted by Crippen LogP contribution is -2.53. The van der Waals surface area contributed by atoms with Crippen molar-refractivity contribution < 1.29 is 14.6 Å². The first kappa shape index (κ1) is 9.16. The van der Waals surface area contributed by atoms with Crippen LogP contribution in [-0.2, 0) is 9.53 Å². The van der Waals surface area contributed by atoms with Gasteiger partial charge in [-0.1, -0.05) is 0 Å². The Bertz CT molecular complexity index is 271. The van der Waals surface area contributed by atoms with Gasteiger partial charge in [-0.05, 0) is 27.2 Å². The third-order valence-corrected chi connectivity index (χ3v) is 3.61. The summed E-state index contributed by atoms with van der Waals surface area (Å²) >= 11 is 0. The smallest absolute Gasteiger partial charge is 0.167 e. The number of carbonyl (C=O) groups is 1. The van der Waals surface area contributed by atoms with Crippen LogP contribution in [0.15, 0.2) is 0 Å². The molecule has 0 unspecified atom stereocenters. The fourth-order valence-electron chi connectivity index (χ4n) is 2.65. The molecule has 3 nitrogen and oxygen atoms in total. The minimum absolute atomic E-state index is 0.0347. The molecule has 0 spiro atoms. The van der Waals surface area contributed by atoms with Gasteiger partial charge in [0, 0.05) is 12.8 Å². The summed E-state index contributed by atoms with van der Waals surface area (Å²) in [5.74, 6) is 0.0347. The molecule has 2 bridgehead atoms. The first-order valence-electron chi connectivity index (χ1n) is 4.75. The summed E-state index contributed by atoms with van der Waals surface area (Å²) in [5, 5.41) is 10.1. The first-order chi connectivity index (χ1) is 5.79. The molecule has 0 saturated carbocycles. The maximum Gasteiger partial charge on any atom is 0.167 e. The second-order valence-corrected chi connectivity index (χ2v) is 4.96. The van der Waals surface area contributed by atoms with E-state index in [1.165, 1.54) is 0 Å². The minimum atomic E-state index is -1.00. The minimum Gasteiger partial charge on any atom is -0.387 e. The molecule has 2 aliphatic heterocycles. The van der Waals surface area contributed by atoms with E-state index in [1.54, 1.807) is 13.8 Å². The van der Waals surface area contributed by atoms with Crippen LogP contribution in [0.5, 0.6) is 0 Å². The molecule has 0 aliphatic carbocycles. The summed E-state index contributed by atoms with van der Waals surface area (Å²) in [7, 11) is 0. The lowest BCUT2D eigenvalue weighted by molar-refractivity contribution is -0.179. The highest BCUT2D eigenvalue weighted by molar-refractivity contribution is 5.90. The predicted molar refractivity (Wildman–Crippen MR) is 47.4 cm³/mol. The Balaban J connectivity index is 2.45. The van der Waals surface area contributed by atoms with Gasteiger partial charge in [0.05, 0.1) is 5.60 Å². The topological polar surface area (TPSA) is 46.5 Å². The number of fused-ring (bicyclic) bond motifs is 2. The highest BCUT2D eigenvalue weighted by atomic mass is 16.6. The Kier molecular flexibility index (Phi) is 1.51. The molecule has 3 heteroatoms. The number of rotatable bonds is 0.